The van der Waals surface area contributed by atoms with Gasteiger partial charge in [0.2, 0.25) is 0 Å². The second kappa shape index (κ2) is 4.66. The number of carbonyl (C=O) groups is 1. The van der Waals surface area contributed by atoms with Crippen LogP contribution in [0.2, 0.25) is 0 Å². The van der Waals surface area contributed by atoms with Crippen molar-refractivity contribution in [2.24, 2.45) is 11.3 Å². The van der Waals surface area contributed by atoms with Crippen LogP contribution in [0.5, 0.6) is 0 Å². The van der Waals surface area contributed by atoms with E-state index < -0.39 is 11.4 Å². The highest BCUT2D eigenvalue weighted by Gasteiger charge is 2.36. The molecule has 0 saturated heterocycles. The Morgan fingerprint density at radius 2 is 2.08 bits per heavy atom. The lowest BCUT2D eigenvalue weighted by molar-refractivity contribution is -0.150. The summed E-state index contributed by atoms with van der Waals surface area (Å²) in [5.74, 6) is -0.670. The van der Waals surface area contributed by atoms with Gasteiger partial charge in [-0.25, -0.2) is 0 Å². The Balaban J connectivity index is 4.72. The summed E-state index contributed by atoms with van der Waals surface area (Å²) in [6.07, 6.45) is 0.503. The van der Waals surface area contributed by atoms with Crippen LogP contribution in [0.1, 0.15) is 34.1 Å². The summed E-state index contributed by atoms with van der Waals surface area (Å²) in [6, 6.07) is 0. The molecule has 0 rings (SSSR count). The summed E-state index contributed by atoms with van der Waals surface area (Å²) in [5, 5.41) is 9.08. The zero-order chi connectivity index (χ0) is 10.6. The van der Waals surface area contributed by atoms with Crippen molar-refractivity contribution in [3.63, 3.8) is 0 Å². The van der Waals surface area contributed by atoms with Crippen LogP contribution in [0.3, 0.4) is 0 Å². The summed E-state index contributed by atoms with van der Waals surface area (Å²) in [4.78, 5) is 11.0. The van der Waals surface area contributed by atoms with Gasteiger partial charge in [-0.1, -0.05) is 31.0 Å². The summed E-state index contributed by atoms with van der Waals surface area (Å²) >= 11 is 5.51. The molecule has 0 amide bonds. The van der Waals surface area contributed by atoms with Crippen LogP contribution in [-0.4, -0.2) is 11.1 Å². The smallest absolute Gasteiger partial charge is 0.309 e. The van der Waals surface area contributed by atoms with Crippen molar-refractivity contribution in [3.05, 3.63) is 11.1 Å². The molecule has 0 aromatic rings. The van der Waals surface area contributed by atoms with Crippen molar-refractivity contribution in [2.45, 2.75) is 34.1 Å². The van der Waals surface area contributed by atoms with Gasteiger partial charge < -0.3 is 5.11 Å². The summed E-state index contributed by atoms with van der Waals surface area (Å²) in [6.45, 7) is 7.42. The van der Waals surface area contributed by atoms with E-state index in [9.17, 15) is 4.79 Å². The Morgan fingerprint density at radius 3 is 2.31 bits per heavy atom. The topological polar surface area (TPSA) is 37.3 Å². The van der Waals surface area contributed by atoms with E-state index in [1.54, 1.807) is 6.92 Å². The van der Waals surface area contributed by atoms with E-state index in [2.05, 4.69) is 0 Å². The number of hydrogen-bond acceptors (Lipinski definition) is 1. The zero-order valence-electron chi connectivity index (χ0n) is 8.60. The average molecular weight is 205 g/mol. The highest BCUT2D eigenvalue weighted by Crippen LogP contribution is 2.34. The van der Waals surface area contributed by atoms with Crippen molar-refractivity contribution >= 4 is 17.6 Å². The second-order valence-electron chi connectivity index (χ2n) is 4.01. The summed E-state index contributed by atoms with van der Waals surface area (Å²) < 4.78 is 0. The van der Waals surface area contributed by atoms with Gasteiger partial charge >= 0.3 is 5.97 Å². The van der Waals surface area contributed by atoms with Gasteiger partial charge in [0.25, 0.3) is 0 Å². The molecule has 0 aromatic heterocycles. The van der Waals surface area contributed by atoms with Crippen LogP contribution in [0.15, 0.2) is 11.1 Å². The van der Waals surface area contributed by atoms with Crippen LogP contribution >= 0.6 is 11.6 Å². The first-order valence-corrected chi connectivity index (χ1v) is 4.77. The predicted molar refractivity (Wildman–Crippen MR) is 54.8 cm³/mol. The van der Waals surface area contributed by atoms with E-state index >= 15 is 0 Å². The van der Waals surface area contributed by atoms with Crippen molar-refractivity contribution in [2.75, 3.05) is 0 Å². The molecule has 76 valence electrons. The molecule has 0 heterocycles. The van der Waals surface area contributed by atoms with Crippen molar-refractivity contribution in [1.29, 1.82) is 0 Å². The van der Waals surface area contributed by atoms with Crippen molar-refractivity contribution < 1.29 is 9.90 Å². The number of halogens is 1. The first-order valence-electron chi connectivity index (χ1n) is 4.34. The third kappa shape index (κ3) is 3.03. The highest BCUT2D eigenvalue weighted by molar-refractivity contribution is 6.25. The van der Waals surface area contributed by atoms with Gasteiger partial charge in [-0.2, -0.15) is 0 Å². The van der Waals surface area contributed by atoms with Gasteiger partial charge in [0.15, 0.2) is 0 Å². The van der Waals surface area contributed by atoms with Gasteiger partial charge in [-0.3, -0.25) is 4.79 Å². The maximum atomic E-state index is 11.0. The fourth-order valence-corrected chi connectivity index (χ4v) is 1.22. The molecule has 0 fully saturated rings. The number of rotatable bonds is 4. The molecular weight excluding hydrogens is 188 g/mol. The maximum absolute atomic E-state index is 11.0. The van der Waals surface area contributed by atoms with E-state index in [0.717, 1.165) is 5.57 Å². The quantitative estimate of drug-likeness (QED) is 0.763. The molecule has 1 unspecified atom stereocenters. The number of allylic oxidation sites excluding steroid dienone is 1. The lowest BCUT2D eigenvalue weighted by atomic mass is 9.75. The minimum Gasteiger partial charge on any atom is -0.481 e. The van der Waals surface area contributed by atoms with E-state index in [4.69, 9.17) is 16.7 Å². The molecule has 1 atom stereocenters. The lowest BCUT2D eigenvalue weighted by Crippen LogP contribution is -2.33. The van der Waals surface area contributed by atoms with Crippen LogP contribution < -0.4 is 0 Å². The first-order chi connectivity index (χ1) is 5.84. The molecular formula is C10H17ClO2. The molecule has 0 aromatic carbocycles. The fourth-order valence-electron chi connectivity index (χ4n) is 1.14. The molecule has 2 nitrogen and oxygen atoms in total. The number of carboxylic acids is 1. The fraction of sp³-hybridized carbons (Fsp3) is 0.700. The Hall–Kier alpha value is -0.500. The Kier molecular flexibility index (Phi) is 4.48. The molecule has 0 aliphatic carbocycles. The van der Waals surface area contributed by atoms with Gasteiger partial charge in [-0.05, 0) is 26.2 Å². The number of carboxylic acid groups (broad SMARTS) is 1. The molecule has 0 bridgehead atoms. The standard InChI is InChI=1S/C10H17ClO2/c1-7(2)10(4,9(12)13)5-8(3)6-11/h6-7H,5H2,1-4H3,(H,12,13). The highest BCUT2D eigenvalue weighted by atomic mass is 35.5. The molecule has 0 aliphatic heterocycles. The van der Waals surface area contributed by atoms with Crippen molar-refractivity contribution in [3.8, 4) is 0 Å². The van der Waals surface area contributed by atoms with E-state index in [1.165, 1.54) is 5.54 Å². The number of aliphatic carboxylic acids is 1. The van der Waals surface area contributed by atoms with Gasteiger partial charge in [0.05, 0.1) is 5.41 Å². The predicted octanol–water partition coefficient (Wildman–Crippen LogP) is 3.27. The second-order valence-corrected chi connectivity index (χ2v) is 4.23. The molecule has 1 N–H and O–H groups in total. The van der Waals surface area contributed by atoms with Crippen LogP contribution in [-0.2, 0) is 4.79 Å². The molecule has 13 heavy (non-hydrogen) atoms. The van der Waals surface area contributed by atoms with Gasteiger partial charge in [-0.15, -0.1) is 0 Å². The van der Waals surface area contributed by atoms with Crippen LogP contribution in [0, 0.1) is 11.3 Å². The zero-order valence-corrected chi connectivity index (χ0v) is 9.35. The average Bonchev–Trinajstić information content (AvgIpc) is 2.03. The third-order valence-corrected chi connectivity index (χ3v) is 2.97. The monoisotopic (exact) mass is 204 g/mol. The van der Waals surface area contributed by atoms with Crippen LogP contribution in [0.25, 0.3) is 0 Å². The normalized spacial score (nSPS) is 17.2. The van der Waals surface area contributed by atoms with E-state index in [0.29, 0.717) is 6.42 Å². The maximum Gasteiger partial charge on any atom is 0.309 e. The molecule has 3 heteroatoms. The SMILES string of the molecule is CC(=CCl)CC(C)(C(=O)O)C(C)C. The Morgan fingerprint density at radius 1 is 1.62 bits per heavy atom. The van der Waals surface area contributed by atoms with Crippen molar-refractivity contribution in [1.82, 2.24) is 0 Å². The van der Waals surface area contributed by atoms with Crippen LogP contribution in [0.4, 0.5) is 0 Å². The molecule has 0 saturated carbocycles. The van der Waals surface area contributed by atoms with Gasteiger partial charge in [0, 0.05) is 5.54 Å². The minimum absolute atomic E-state index is 0.0940. The molecule has 0 aliphatic rings. The number of hydrogen-bond donors (Lipinski definition) is 1. The first kappa shape index (κ1) is 12.5. The molecule has 0 spiro atoms. The Labute approximate surface area is 84.6 Å². The lowest BCUT2D eigenvalue weighted by Gasteiger charge is -2.29. The minimum atomic E-state index is -0.764. The molecule has 0 radical (unpaired) electrons. The third-order valence-electron chi connectivity index (χ3n) is 2.60. The Bertz CT molecular complexity index is 221. The summed E-state index contributed by atoms with van der Waals surface area (Å²) in [5.41, 5.74) is 1.64. The van der Waals surface area contributed by atoms with E-state index in [-0.39, 0.29) is 5.92 Å². The summed E-state index contributed by atoms with van der Waals surface area (Å²) in [7, 11) is 0. The largest absolute Gasteiger partial charge is 0.481 e. The van der Waals surface area contributed by atoms with E-state index in [1.807, 2.05) is 20.8 Å². The van der Waals surface area contributed by atoms with Gasteiger partial charge in [0.1, 0.15) is 0 Å².